The van der Waals surface area contributed by atoms with E-state index in [-0.39, 0.29) is 49.8 Å². The van der Waals surface area contributed by atoms with Crippen molar-refractivity contribution in [3.63, 3.8) is 0 Å². The quantitative estimate of drug-likeness (QED) is 0.612. The third-order valence-electron chi connectivity index (χ3n) is 6.01. The van der Waals surface area contributed by atoms with Gasteiger partial charge in [-0.3, -0.25) is 14.5 Å². The molecule has 4 amide bonds. The van der Waals surface area contributed by atoms with Crippen molar-refractivity contribution in [2.45, 2.75) is 43.7 Å². The molecule has 2 aromatic rings. The van der Waals surface area contributed by atoms with Crippen LogP contribution in [0.5, 0.6) is 0 Å². The second kappa shape index (κ2) is 9.02. The van der Waals surface area contributed by atoms with Crippen LogP contribution in [0.4, 0.5) is 4.79 Å². The lowest BCUT2D eigenvalue weighted by Gasteiger charge is -2.21. The van der Waals surface area contributed by atoms with Crippen molar-refractivity contribution < 1.29 is 14.4 Å². The Morgan fingerprint density at radius 3 is 2.53 bits per heavy atom. The average Bonchev–Trinajstić information content (AvgIpc) is 3.29. The van der Waals surface area contributed by atoms with Crippen molar-refractivity contribution in [2.24, 2.45) is 5.73 Å². The zero-order valence-corrected chi connectivity index (χ0v) is 17.5. The Balaban J connectivity index is 0.00000256. The average molecular weight is 431 g/mol. The van der Waals surface area contributed by atoms with E-state index in [1.54, 1.807) is 0 Å². The van der Waals surface area contributed by atoms with E-state index in [1.165, 1.54) is 4.90 Å². The van der Waals surface area contributed by atoms with Crippen molar-refractivity contribution in [1.82, 2.24) is 15.5 Å². The summed E-state index contributed by atoms with van der Waals surface area (Å²) in [4.78, 5) is 38.6. The first kappa shape index (κ1) is 22.1. The van der Waals surface area contributed by atoms with E-state index in [0.29, 0.717) is 12.8 Å². The smallest absolute Gasteiger partial charge is 0.325 e. The molecule has 1 aliphatic heterocycles. The maximum Gasteiger partial charge on any atom is 0.325 e. The molecule has 1 aliphatic carbocycles. The Labute approximate surface area is 181 Å². The van der Waals surface area contributed by atoms with Gasteiger partial charge in [-0.1, -0.05) is 49.2 Å². The molecule has 0 bridgehead atoms. The van der Waals surface area contributed by atoms with E-state index in [4.69, 9.17) is 5.73 Å². The van der Waals surface area contributed by atoms with Gasteiger partial charge in [0.15, 0.2) is 0 Å². The number of amides is 4. The fourth-order valence-corrected chi connectivity index (χ4v) is 4.38. The molecule has 160 valence electrons. The number of hydrogen-bond donors (Lipinski definition) is 3. The van der Waals surface area contributed by atoms with Gasteiger partial charge in [0.25, 0.3) is 5.91 Å². The predicted octanol–water partition coefficient (Wildman–Crippen LogP) is 2.63. The summed E-state index contributed by atoms with van der Waals surface area (Å²) in [5.74, 6) is -0.431. The van der Waals surface area contributed by atoms with E-state index >= 15 is 0 Å². The summed E-state index contributed by atoms with van der Waals surface area (Å²) in [5, 5.41) is 7.97. The summed E-state index contributed by atoms with van der Waals surface area (Å²) >= 11 is 0. The van der Waals surface area contributed by atoms with Crippen LogP contribution in [0.15, 0.2) is 42.5 Å². The van der Waals surface area contributed by atoms with Crippen LogP contribution in [-0.4, -0.2) is 41.4 Å². The van der Waals surface area contributed by atoms with E-state index in [1.807, 2.05) is 42.5 Å². The molecule has 4 rings (SSSR count). The maximum atomic E-state index is 12.7. The number of imide groups is 1. The molecule has 2 aliphatic rings. The van der Waals surface area contributed by atoms with Crippen molar-refractivity contribution >= 4 is 41.0 Å². The molecule has 1 saturated heterocycles. The number of fused-ring (bicyclic) bond motifs is 1. The summed E-state index contributed by atoms with van der Waals surface area (Å²) in [6.45, 7) is 0.337. The monoisotopic (exact) mass is 430 g/mol. The highest BCUT2D eigenvalue weighted by Gasteiger charge is 2.52. The molecular formula is C22H27ClN4O3. The fourth-order valence-electron chi connectivity index (χ4n) is 4.38. The normalized spacial score (nSPS) is 18.4. The molecule has 4 N–H and O–H groups in total. The minimum Gasteiger partial charge on any atom is -0.348 e. The molecule has 1 heterocycles. The number of hydrogen-bond acceptors (Lipinski definition) is 4. The number of urea groups is 1. The predicted molar refractivity (Wildman–Crippen MR) is 117 cm³/mol. The third-order valence-corrected chi connectivity index (χ3v) is 6.01. The van der Waals surface area contributed by atoms with Crippen LogP contribution in [0.1, 0.15) is 43.7 Å². The van der Waals surface area contributed by atoms with Gasteiger partial charge in [-0.05, 0) is 35.2 Å². The standard InChI is InChI=1S/C22H26N4O3.ClH/c23-14-18(17-8-7-15-5-1-2-6-16(15)13-17)24-19(27)9-12-26-20(28)22(25-21(26)29)10-3-4-11-22;/h1-2,5-8,13,18H,3-4,9-12,14,23H2,(H,24,27)(H,25,29);1H. The molecule has 1 spiro atoms. The second-order valence-corrected chi connectivity index (χ2v) is 7.89. The molecule has 1 saturated carbocycles. The van der Waals surface area contributed by atoms with E-state index in [0.717, 1.165) is 29.2 Å². The van der Waals surface area contributed by atoms with Gasteiger partial charge in [0.2, 0.25) is 5.91 Å². The van der Waals surface area contributed by atoms with Gasteiger partial charge in [0.1, 0.15) is 5.54 Å². The molecule has 30 heavy (non-hydrogen) atoms. The van der Waals surface area contributed by atoms with Crippen LogP contribution in [0.2, 0.25) is 0 Å². The molecule has 1 atom stereocenters. The second-order valence-electron chi connectivity index (χ2n) is 7.89. The lowest BCUT2D eigenvalue weighted by atomic mass is 9.98. The third kappa shape index (κ3) is 4.13. The number of carbonyl (C=O) groups excluding carboxylic acids is 3. The molecule has 1 unspecified atom stereocenters. The highest BCUT2D eigenvalue weighted by molar-refractivity contribution is 6.07. The number of nitrogens with one attached hydrogen (secondary N) is 2. The zero-order chi connectivity index (χ0) is 20.4. The van der Waals surface area contributed by atoms with Gasteiger partial charge in [0.05, 0.1) is 6.04 Å². The molecule has 7 nitrogen and oxygen atoms in total. The van der Waals surface area contributed by atoms with Gasteiger partial charge in [0, 0.05) is 19.5 Å². The van der Waals surface area contributed by atoms with E-state index < -0.39 is 11.6 Å². The molecule has 2 fully saturated rings. The van der Waals surface area contributed by atoms with Crippen molar-refractivity contribution in [3.8, 4) is 0 Å². The lowest BCUT2D eigenvalue weighted by molar-refractivity contribution is -0.131. The first-order valence-electron chi connectivity index (χ1n) is 10.1. The highest BCUT2D eigenvalue weighted by Crippen LogP contribution is 2.35. The molecule has 0 aromatic heterocycles. The van der Waals surface area contributed by atoms with Crippen LogP contribution in [0.3, 0.4) is 0 Å². The topological polar surface area (TPSA) is 105 Å². The van der Waals surface area contributed by atoms with Gasteiger partial charge < -0.3 is 16.4 Å². The van der Waals surface area contributed by atoms with Crippen LogP contribution in [-0.2, 0) is 9.59 Å². The summed E-state index contributed by atoms with van der Waals surface area (Å²) < 4.78 is 0. The molecular weight excluding hydrogens is 404 g/mol. The summed E-state index contributed by atoms with van der Waals surface area (Å²) in [6.07, 6.45) is 3.28. The first-order chi connectivity index (χ1) is 14.0. The molecule has 2 aromatic carbocycles. The van der Waals surface area contributed by atoms with E-state index in [2.05, 4.69) is 10.6 Å². The lowest BCUT2D eigenvalue weighted by Crippen LogP contribution is -2.44. The Hall–Kier alpha value is -2.64. The SMILES string of the molecule is Cl.NCC(NC(=O)CCN1C(=O)NC2(CCCC2)C1=O)c1ccc2ccccc2c1. The Morgan fingerprint density at radius 2 is 1.83 bits per heavy atom. The number of rotatable bonds is 6. The Kier molecular flexibility index (Phi) is 6.63. The number of nitrogens with two attached hydrogens (primary N) is 1. The zero-order valence-electron chi connectivity index (χ0n) is 16.7. The van der Waals surface area contributed by atoms with Gasteiger partial charge in [-0.15, -0.1) is 12.4 Å². The number of benzene rings is 2. The van der Waals surface area contributed by atoms with E-state index in [9.17, 15) is 14.4 Å². The maximum absolute atomic E-state index is 12.7. The largest absolute Gasteiger partial charge is 0.348 e. The minimum absolute atomic E-state index is 0. The Bertz CT molecular complexity index is 958. The molecule has 8 heteroatoms. The number of nitrogens with zero attached hydrogens (tertiary/aromatic N) is 1. The van der Waals surface area contributed by atoms with Crippen LogP contribution >= 0.6 is 12.4 Å². The number of carbonyl (C=O) groups is 3. The van der Waals surface area contributed by atoms with Crippen LogP contribution in [0.25, 0.3) is 10.8 Å². The van der Waals surface area contributed by atoms with Crippen LogP contribution in [0, 0.1) is 0 Å². The van der Waals surface area contributed by atoms with Crippen LogP contribution < -0.4 is 16.4 Å². The minimum atomic E-state index is -0.738. The summed E-state index contributed by atoms with van der Waals surface area (Å²) in [5.41, 5.74) is 6.09. The summed E-state index contributed by atoms with van der Waals surface area (Å²) in [7, 11) is 0. The van der Waals surface area contributed by atoms with Gasteiger partial charge in [-0.2, -0.15) is 0 Å². The first-order valence-corrected chi connectivity index (χ1v) is 10.1. The fraction of sp³-hybridized carbons (Fsp3) is 0.409. The van der Waals surface area contributed by atoms with Gasteiger partial charge >= 0.3 is 6.03 Å². The highest BCUT2D eigenvalue weighted by atomic mass is 35.5. The molecule has 0 radical (unpaired) electrons. The van der Waals surface area contributed by atoms with Crippen molar-refractivity contribution in [1.29, 1.82) is 0 Å². The Morgan fingerprint density at radius 1 is 1.13 bits per heavy atom. The summed E-state index contributed by atoms with van der Waals surface area (Å²) in [6, 6.07) is 13.3. The van der Waals surface area contributed by atoms with Gasteiger partial charge in [-0.25, -0.2) is 4.79 Å². The number of halogens is 1. The van der Waals surface area contributed by atoms with Crippen molar-refractivity contribution in [3.05, 3.63) is 48.0 Å². The van der Waals surface area contributed by atoms with Crippen molar-refractivity contribution in [2.75, 3.05) is 13.1 Å².